The van der Waals surface area contributed by atoms with Crippen molar-refractivity contribution in [1.29, 1.82) is 0 Å². The number of rotatable bonds is 18. The van der Waals surface area contributed by atoms with Crippen LogP contribution in [0, 0.1) is 23.3 Å². The van der Waals surface area contributed by atoms with Crippen molar-refractivity contribution in [3.05, 3.63) is 238 Å². The number of nitrogens with zero attached hydrogens (tertiary/aromatic N) is 20. The first-order chi connectivity index (χ1) is 63.4. The number of aromatic nitrogens is 15. The first kappa shape index (κ1) is 102. The molecule has 3 aliphatic heterocycles. The van der Waals surface area contributed by atoms with Crippen LogP contribution in [0.2, 0.25) is 15.7 Å². The van der Waals surface area contributed by atoms with Gasteiger partial charge < -0.3 is 94.1 Å². The summed E-state index contributed by atoms with van der Waals surface area (Å²) < 4.78 is 95.6. The number of alkyl halides is 1. The van der Waals surface area contributed by atoms with E-state index in [1.807, 2.05) is 66.7 Å². The van der Waals surface area contributed by atoms with E-state index in [2.05, 4.69) is 140 Å². The molecule has 0 atom stereocenters. The number of carbonyl (C=O) groups excluding carboxylic acids is 4. The van der Waals surface area contributed by atoms with Gasteiger partial charge in [-0.3, -0.25) is 23.6 Å². The molecule has 134 heavy (non-hydrogen) atoms. The van der Waals surface area contributed by atoms with Gasteiger partial charge in [-0.2, -0.15) is 30.2 Å². The van der Waals surface area contributed by atoms with E-state index in [1.54, 1.807) is 74.0 Å². The minimum absolute atomic E-state index is 0. The fourth-order valence-corrected chi connectivity index (χ4v) is 14.2. The Hall–Kier alpha value is -13.9. The number of carbonyl (C=O) groups is 4. The molecule has 3 saturated heterocycles. The summed E-state index contributed by atoms with van der Waals surface area (Å²) in [5, 5.41) is 20.4. The molecule has 4 amide bonds. The van der Waals surface area contributed by atoms with E-state index in [1.165, 1.54) is 36.4 Å². The summed E-state index contributed by atoms with van der Waals surface area (Å²) in [6, 6.07) is 44.2. The number of primary amides is 4. The van der Waals surface area contributed by atoms with Crippen LogP contribution in [0.5, 0.6) is 23.0 Å². The Balaban J connectivity index is 0.000000209. The van der Waals surface area contributed by atoms with Crippen molar-refractivity contribution < 1.29 is 92.4 Å². The predicted molar refractivity (Wildman–Crippen MR) is 506 cm³/mol. The summed E-state index contributed by atoms with van der Waals surface area (Å²) in [5.41, 5.74) is 35.8. The van der Waals surface area contributed by atoms with Gasteiger partial charge in [0.2, 0.25) is 22.5 Å². The molecular formula is C89H99Cl3F5N28NaO8. The summed E-state index contributed by atoms with van der Waals surface area (Å²) in [5.74, 6) is -3.23. The van der Waals surface area contributed by atoms with Gasteiger partial charge in [-0.05, 0) is 172 Å². The van der Waals surface area contributed by atoms with Crippen LogP contribution in [-0.2, 0) is 0 Å². The molecule has 0 spiro atoms. The largest absolute Gasteiger partial charge is 1.00 e. The van der Waals surface area contributed by atoms with Gasteiger partial charge in [0.25, 0.3) is 23.6 Å². The third-order valence-corrected chi connectivity index (χ3v) is 21.2. The normalized spacial score (nSPS) is 13.1. The predicted octanol–water partition coefficient (Wildman–Crippen LogP) is 10.0. The number of aromatic amines is 1. The van der Waals surface area contributed by atoms with Crippen LogP contribution < -0.4 is 103 Å². The number of likely N-dealkylation sites (N-methyl/N-ethyl adjacent to an activating group) is 3. The van der Waals surface area contributed by atoms with Crippen molar-refractivity contribution in [2.45, 2.75) is 14.9 Å². The SMILES string of the molecule is C.C.CN1CCN(c2cccc(N)c2)CC1.COc1ccc2[nH]cc(C(N)=O)c2c1.COc1ccc2c(c1)c(C(N)=O)nn2-c1nc(Cl)ncc1F.COc1ccc2c(c1)c(C(N)=O)nn2-c1nc(Nc2cccc(N3CCN(C)CC3)c2)ncc1F.COc1ccc2c(c1)c(C(N)=O)nn2-c1nc(Nc2cccc(N3CCN(C)CC3)c2)ncc1F.Fc1cnc(Cl)nc1Cl.[2H]CF.[H-].[Na+]. The number of amides is 4. The second-order valence-corrected chi connectivity index (χ2v) is 30.2. The van der Waals surface area contributed by atoms with Crippen LogP contribution in [-0.4, -0.2) is 248 Å². The maximum Gasteiger partial charge on any atom is 1.00 e. The Bertz CT molecular complexity index is 6420. The zero-order valence-corrected chi connectivity index (χ0v) is 76.8. The van der Waals surface area contributed by atoms with Gasteiger partial charge in [-0.15, -0.1) is 0 Å². The molecule has 3 aliphatic rings. The number of anilines is 8. The van der Waals surface area contributed by atoms with E-state index >= 15 is 0 Å². The van der Waals surface area contributed by atoms with Gasteiger partial charge in [-0.25, -0.2) is 56.5 Å². The van der Waals surface area contributed by atoms with Crippen LogP contribution in [0.3, 0.4) is 0 Å². The molecule has 0 radical (unpaired) electrons. The van der Waals surface area contributed by atoms with Crippen molar-refractivity contribution in [3.8, 4) is 40.5 Å². The third-order valence-electron chi connectivity index (χ3n) is 20.6. The van der Waals surface area contributed by atoms with Gasteiger partial charge in [0.1, 0.15) is 23.0 Å². The third kappa shape index (κ3) is 25.7. The molecule has 0 aliphatic carbocycles. The molecule has 0 saturated carbocycles. The molecule has 13 N–H and O–H groups in total. The topological polar surface area (TPSA) is 451 Å². The van der Waals surface area contributed by atoms with Crippen LogP contribution in [0.1, 0.15) is 59.5 Å². The Labute approximate surface area is 807 Å². The van der Waals surface area contributed by atoms with E-state index in [4.69, 9.17) is 83.8 Å². The molecule has 45 heteroatoms. The summed E-state index contributed by atoms with van der Waals surface area (Å²) in [7, 11) is 11.5. The number of ether oxygens (including phenoxy) is 4. The average Bonchev–Trinajstić information content (AvgIpc) is 1.62. The van der Waals surface area contributed by atoms with Gasteiger partial charge in [0.15, 0.2) is 63.0 Å². The van der Waals surface area contributed by atoms with Gasteiger partial charge >= 0.3 is 29.6 Å². The summed E-state index contributed by atoms with van der Waals surface area (Å²) >= 11 is 16.1. The number of halogens is 8. The second kappa shape index (κ2) is 48.0. The van der Waals surface area contributed by atoms with Gasteiger partial charge in [-0.1, -0.05) is 44.7 Å². The van der Waals surface area contributed by atoms with Gasteiger partial charge in [0, 0.05) is 146 Å². The number of nitrogens with one attached hydrogen (secondary N) is 3. The maximum atomic E-state index is 14.9. The van der Waals surface area contributed by atoms with Crippen LogP contribution in [0.25, 0.3) is 61.1 Å². The monoisotopic (exact) mass is 1910 g/mol. The molecule has 11 heterocycles. The zero-order chi connectivity index (χ0) is 94.6. The number of methoxy groups -OCH3 is 4. The summed E-state index contributed by atoms with van der Waals surface area (Å²) in [6.45, 7) is 12.2. The number of nitrogens with two attached hydrogens (primary N) is 5. The Morgan fingerprint density at radius 2 is 0.761 bits per heavy atom. The quantitative estimate of drug-likeness (QED) is 0.0130. The molecular weight excluding hydrogens is 1810 g/mol. The number of benzene rings is 7. The molecule has 0 unspecified atom stereocenters. The fourth-order valence-electron chi connectivity index (χ4n) is 13.8. The molecule has 700 valence electrons. The van der Waals surface area contributed by atoms with Gasteiger partial charge in [0.05, 0.1) is 83.9 Å². The Morgan fingerprint density at radius 1 is 0.433 bits per heavy atom. The van der Waals surface area contributed by atoms with Crippen LogP contribution >= 0.6 is 34.8 Å². The molecule has 8 aromatic heterocycles. The van der Waals surface area contributed by atoms with E-state index in [-0.39, 0.29) is 108 Å². The number of hydrogen-bond acceptors (Lipinski definition) is 28. The standard InChI is InChI=1S/2C24H25FN8O2.C13H9ClFN5O2.C11H17N3.C10H10N2O2.C4HCl2FN2.CH3F.2CH4.Na.H/c2*1-31-8-10-32(11-9-31)16-5-3-4-15(12-16)28-24-27-14-19(25)23(29-24)33-20-7-6-17(35-2)13-18(20)21(30-33)22(26)34;1-22-6-2-3-9-7(4-6)10(11(16)21)19-20(9)12-8(15)5-17-13(14)18-12;1-13-5-7-14(8-6-13)11-4-2-3-10(12)9-11;1-14-6-2-3-9-7(4-6)8(5-12-9)10(11)13;5-3-2(7)1-8-4(6)9-3;1-2;;;;/h2*3-7,12-14H,8-11H2,1-2H3,(H2,26,34)(H,27,28,29);2-5H,1H3,(H2,16,21);2-4,9H,5-8,12H2,1H3;2-5,12H,1H3,(H2,11,13);1H;1H3;2*1H4;;/q;;;;;;;;;+1;-1/i;;;;;;1D;;;;. The Kier molecular flexibility index (Phi) is 36.6. The smallest absolute Gasteiger partial charge is 1.00 e. The molecule has 15 aromatic rings. The van der Waals surface area contributed by atoms with Crippen molar-refractivity contribution >= 4 is 148 Å². The Morgan fingerprint density at radius 3 is 1.10 bits per heavy atom. The first-order valence-corrected chi connectivity index (χ1v) is 41.0. The van der Waals surface area contributed by atoms with Crippen LogP contribution in [0.15, 0.2) is 177 Å². The van der Waals surface area contributed by atoms with Crippen molar-refractivity contribution in [2.75, 3.05) is 166 Å². The number of piperazine rings is 3. The molecule has 18 rings (SSSR count). The van der Waals surface area contributed by atoms with E-state index < -0.39 is 54.1 Å². The first-order valence-electron chi connectivity index (χ1n) is 40.5. The minimum atomic E-state index is -1.00. The number of nitrogen functional groups attached to an aromatic ring is 1. The van der Waals surface area contributed by atoms with Crippen molar-refractivity contribution in [2.24, 2.45) is 22.9 Å². The zero-order valence-electron chi connectivity index (χ0n) is 74.6. The average molecular weight is 1910 g/mol. The van der Waals surface area contributed by atoms with Crippen molar-refractivity contribution in [3.63, 3.8) is 0 Å². The number of hydrogen-bond donors (Lipinski definition) is 8. The molecule has 36 nitrogen and oxygen atoms in total. The summed E-state index contributed by atoms with van der Waals surface area (Å²) in [6.07, 6.45) is 5.57. The minimum Gasteiger partial charge on any atom is -1.00 e. The van der Waals surface area contributed by atoms with Crippen molar-refractivity contribution in [1.82, 2.24) is 88.9 Å². The molecule has 0 bridgehead atoms. The maximum absolute atomic E-state index is 14.9. The summed E-state index contributed by atoms with van der Waals surface area (Å²) in [4.78, 5) is 94.4. The molecule has 3 fully saturated rings. The van der Waals surface area contributed by atoms with E-state index in [0.29, 0.717) is 61.3 Å². The molecule has 7 aromatic carbocycles. The second-order valence-electron chi connectivity index (χ2n) is 29.1. The van der Waals surface area contributed by atoms with Crippen LogP contribution in [0.4, 0.5) is 68.0 Å². The fraction of sp³-hybridized carbons (Fsp3) is 0.247. The van der Waals surface area contributed by atoms with E-state index in [0.717, 1.165) is 147 Å². The number of fused-ring (bicyclic) bond motifs is 4. The number of H-pyrrole nitrogens is 1. The van der Waals surface area contributed by atoms with E-state index in [9.17, 15) is 41.1 Å².